The van der Waals surface area contributed by atoms with Gasteiger partial charge < -0.3 is 19.0 Å². The van der Waals surface area contributed by atoms with E-state index >= 15 is 0 Å². The summed E-state index contributed by atoms with van der Waals surface area (Å²) < 4.78 is 44.1. The molecular formula is C23H25N3O6S. The number of furan rings is 1. The topological polar surface area (TPSA) is 115 Å². The number of rotatable bonds is 7. The maximum atomic E-state index is 13.5. The molecule has 2 aromatic heterocycles. The van der Waals surface area contributed by atoms with Gasteiger partial charge >= 0.3 is 0 Å². The molecule has 1 fully saturated rings. The molecule has 0 radical (unpaired) electrons. The highest BCUT2D eigenvalue weighted by Gasteiger charge is 2.37. The zero-order valence-electron chi connectivity index (χ0n) is 18.4. The van der Waals surface area contributed by atoms with Crippen LogP contribution in [-0.4, -0.2) is 44.0 Å². The Morgan fingerprint density at radius 3 is 2.82 bits per heavy atom. The van der Waals surface area contributed by atoms with Crippen LogP contribution in [0.25, 0.3) is 12.2 Å². The Labute approximate surface area is 192 Å². The zero-order chi connectivity index (χ0) is 23.4. The lowest BCUT2D eigenvalue weighted by Crippen LogP contribution is -2.43. The van der Waals surface area contributed by atoms with Crippen LogP contribution in [0, 0.1) is 12.8 Å². The molecule has 10 heteroatoms. The fraction of sp³-hybridized carbons (Fsp3) is 0.304. The van der Waals surface area contributed by atoms with Gasteiger partial charge in [-0.25, -0.2) is 8.42 Å². The number of carbonyl (C=O) groups is 1. The van der Waals surface area contributed by atoms with E-state index in [4.69, 9.17) is 13.7 Å². The van der Waals surface area contributed by atoms with Crippen molar-refractivity contribution in [3.8, 4) is 5.75 Å². The lowest BCUT2D eigenvalue weighted by molar-refractivity contribution is -0.120. The summed E-state index contributed by atoms with van der Waals surface area (Å²) in [7, 11) is -2.41. The molecule has 1 unspecified atom stereocenters. The van der Waals surface area contributed by atoms with Gasteiger partial charge in [0.1, 0.15) is 17.2 Å². The largest absolute Gasteiger partial charge is 0.495 e. The van der Waals surface area contributed by atoms with Crippen LogP contribution < -0.4 is 10.1 Å². The minimum atomic E-state index is -3.93. The number of piperidine rings is 1. The molecule has 3 aromatic rings. The van der Waals surface area contributed by atoms with Gasteiger partial charge in [-0.1, -0.05) is 17.3 Å². The lowest BCUT2D eigenvalue weighted by Gasteiger charge is -2.31. The van der Waals surface area contributed by atoms with E-state index in [9.17, 15) is 13.2 Å². The Kier molecular flexibility index (Phi) is 6.66. The van der Waals surface area contributed by atoms with Crippen LogP contribution in [0.3, 0.4) is 0 Å². The number of para-hydroxylation sites is 2. The minimum Gasteiger partial charge on any atom is -0.495 e. The standard InChI is InChI=1S/C23H25N3O6S/c1-16-22(21(32-25-16)12-11-18-8-6-14-31-18)33(28,29)26-13-5-7-17(15-26)23(27)24-19-9-3-4-10-20(19)30-2/h3-4,6,8-12,14,17H,5,7,13,15H2,1-2H3,(H,24,27)/b12-11+. The number of benzene rings is 1. The molecule has 1 aliphatic rings. The molecule has 1 atom stereocenters. The third-order valence-corrected chi connectivity index (χ3v) is 7.52. The lowest BCUT2D eigenvalue weighted by atomic mass is 9.98. The van der Waals surface area contributed by atoms with Crippen molar-refractivity contribution >= 4 is 33.8 Å². The average molecular weight is 472 g/mol. The summed E-state index contributed by atoms with van der Waals surface area (Å²) in [4.78, 5) is 12.9. The molecule has 1 N–H and O–H groups in total. The maximum Gasteiger partial charge on any atom is 0.248 e. The van der Waals surface area contributed by atoms with Gasteiger partial charge in [-0.2, -0.15) is 4.31 Å². The summed E-state index contributed by atoms with van der Waals surface area (Å²) in [5.74, 6) is 0.460. The number of methoxy groups -OCH3 is 1. The van der Waals surface area contributed by atoms with E-state index in [1.807, 2.05) is 6.07 Å². The first-order valence-electron chi connectivity index (χ1n) is 10.5. The first-order valence-corrected chi connectivity index (χ1v) is 12.0. The van der Waals surface area contributed by atoms with Gasteiger partial charge in [-0.15, -0.1) is 0 Å². The predicted molar refractivity (Wildman–Crippen MR) is 122 cm³/mol. The molecule has 33 heavy (non-hydrogen) atoms. The summed E-state index contributed by atoms with van der Waals surface area (Å²) in [6, 6.07) is 10.6. The highest BCUT2D eigenvalue weighted by molar-refractivity contribution is 7.89. The van der Waals surface area contributed by atoms with Crippen molar-refractivity contribution in [2.24, 2.45) is 5.92 Å². The highest BCUT2D eigenvalue weighted by Crippen LogP contribution is 2.30. The minimum absolute atomic E-state index is 0.00362. The number of hydrogen-bond donors (Lipinski definition) is 1. The molecule has 9 nitrogen and oxygen atoms in total. The van der Waals surface area contributed by atoms with E-state index in [-0.39, 0.29) is 28.8 Å². The van der Waals surface area contributed by atoms with Gasteiger partial charge in [-0.05, 0) is 56.2 Å². The van der Waals surface area contributed by atoms with Gasteiger partial charge in [0, 0.05) is 13.1 Å². The molecule has 1 amide bonds. The number of sulfonamides is 1. The predicted octanol–water partition coefficient (Wildman–Crippen LogP) is 3.79. The Hall–Kier alpha value is -3.37. The van der Waals surface area contributed by atoms with Crippen LogP contribution in [0.15, 0.2) is 56.5 Å². The fourth-order valence-corrected chi connectivity index (χ4v) is 5.60. The SMILES string of the molecule is COc1ccccc1NC(=O)C1CCCN(S(=O)(=O)c2c(C)noc2/C=C/c2ccco2)C1. The number of aryl methyl sites for hydroxylation is 1. The van der Waals surface area contributed by atoms with Crippen LogP contribution in [-0.2, 0) is 14.8 Å². The third-order valence-electron chi connectivity index (χ3n) is 5.49. The first-order chi connectivity index (χ1) is 15.9. The molecule has 1 saturated heterocycles. The Morgan fingerprint density at radius 1 is 1.24 bits per heavy atom. The van der Waals surface area contributed by atoms with E-state index in [0.29, 0.717) is 36.6 Å². The molecule has 4 rings (SSSR count). The van der Waals surface area contributed by atoms with Crippen LogP contribution in [0.1, 0.15) is 30.1 Å². The van der Waals surface area contributed by atoms with Crippen molar-refractivity contribution in [1.82, 2.24) is 9.46 Å². The summed E-state index contributed by atoms with van der Waals surface area (Å²) in [6.45, 7) is 1.96. The number of nitrogens with one attached hydrogen (secondary N) is 1. The average Bonchev–Trinajstić information content (AvgIpc) is 3.47. The second-order valence-electron chi connectivity index (χ2n) is 7.70. The van der Waals surface area contributed by atoms with Crippen molar-refractivity contribution < 1.29 is 26.9 Å². The van der Waals surface area contributed by atoms with Gasteiger partial charge in [0.15, 0.2) is 10.7 Å². The van der Waals surface area contributed by atoms with E-state index < -0.39 is 15.9 Å². The molecule has 0 saturated carbocycles. The quantitative estimate of drug-likeness (QED) is 0.557. The van der Waals surface area contributed by atoms with Crippen LogP contribution >= 0.6 is 0 Å². The second-order valence-corrected chi connectivity index (χ2v) is 9.58. The van der Waals surface area contributed by atoms with Crippen LogP contribution in [0.2, 0.25) is 0 Å². The molecule has 174 valence electrons. The van der Waals surface area contributed by atoms with E-state index in [2.05, 4.69) is 10.5 Å². The van der Waals surface area contributed by atoms with Crippen molar-refractivity contribution in [2.75, 3.05) is 25.5 Å². The summed E-state index contributed by atoms with van der Waals surface area (Å²) in [6.07, 6.45) is 5.79. The number of ether oxygens (including phenoxy) is 1. The summed E-state index contributed by atoms with van der Waals surface area (Å²) in [5, 5.41) is 6.71. The van der Waals surface area contributed by atoms with Crippen molar-refractivity contribution in [3.05, 3.63) is 59.9 Å². The number of anilines is 1. The van der Waals surface area contributed by atoms with E-state index in [1.54, 1.807) is 43.3 Å². The van der Waals surface area contributed by atoms with Gasteiger partial charge in [-0.3, -0.25) is 4.79 Å². The number of hydrogen-bond acceptors (Lipinski definition) is 7. The van der Waals surface area contributed by atoms with E-state index in [1.165, 1.54) is 23.8 Å². The Balaban J connectivity index is 1.53. The molecule has 3 heterocycles. The van der Waals surface area contributed by atoms with Crippen molar-refractivity contribution in [2.45, 2.75) is 24.7 Å². The molecule has 1 aliphatic heterocycles. The smallest absolute Gasteiger partial charge is 0.248 e. The van der Waals surface area contributed by atoms with Crippen LogP contribution in [0.4, 0.5) is 5.69 Å². The molecular weight excluding hydrogens is 446 g/mol. The summed E-state index contributed by atoms with van der Waals surface area (Å²) in [5.41, 5.74) is 0.805. The van der Waals surface area contributed by atoms with Crippen molar-refractivity contribution in [3.63, 3.8) is 0 Å². The second kappa shape index (κ2) is 9.63. The molecule has 0 bridgehead atoms. The molecule has 0 spiro atoms. The molecule has 0 aliphatic carbocycles. The summed E-state index contributed by atoms with van der Waals surface area (Å²) >= 11 is 0. The van der Waals surface area contributed by atoms with Crippen LogP contribution in [0.5, 0.6) is 5.75 Å². The van der Waals surface area contributed by atoms with Gasteiger partial charge in [0.2, 0.25) is 15.9 Å². The Bertz CT molecular complexity index is 1250. The van der Waals surface area contributed by atoms with Crippen molar-refractivity contribution in [1.29, 1.82) is 0 Å². The number of nitrogens with zero attached hydrogens (tertiary/aromatic N) is 2. The maximum absolute atomic E-state index is 13.5. The Morgan fingerprint density at radius 2 is 2.06 bits per heavy atom. The highest BCUT2D eigenvalue weighted by atomic mass is 32.2. The zero-order valence-corrected chi connectivity index (χ0v) is 19.2. The normalized spacial score (nSPS) is 17.3. The fourth-order valence-electron chi connectivity index (χ4n) is 3.83. The monoisotopic (exact) mass is 471 g/mol. The van der Waals surface area contributed by atoms with E-state index in [0.717, 1.165) is 0 Å². The third kappa shape index (κ3) is 4.86. The number of carbonyl (C=O) groups excluding carboxylic acids is 1. The number of amides is 1. The van der Waals surface area contributed by atoms with Gasteiger partial charge in [0.25, 0.3) is 0 Å². The first kappa shape index (κ1) is 22.8. The number of aromatic nitrogens is 1. The van der Waals surface area contributed by atoms with Gasteiger partial charge in [0.05, 0.1) is 25.0 Å². The molecule has 1 aromatic carbocycles.